The zero-order valence-electron chi connectivity index (χ0n) is 20.1. The van der Waals surface area contributed by atoms with Crippen molar-refractivity contribution >= 4 is 17.5 Å². The van der Waals surface area contributed by atoms with E-state index in [1.807, 2.05) is 36.0 Å². The van der Waals surface area contributed by atoms with Crippen LogP contribution >= 0.6 is 0 Å². The Balaban J connectivity index is 1.51. The van der Waals surface area contributed by atoms with Crippen LogP contribution in [-0.2, 0) is 4.79 Å². The van der Waals surface area contributed by atoms with Crippen molar-refractivity contribution in [2.75, 3.05) is 39.0 Å². The first-order valence-corrected chi connectivity index (χ1v) is 12.3. The standard InChI is InChI=1S/C26H34N6O2/c1-31(2)17-24(33)32-12-10-18(11-13-32)20-8-9-23(22(14-20)19-6-4-3-5-7-19)30-26(34)25-28-16-21(15-27)29-25/h8-9,14,16,18-19H,3-7,10-13,17H2,1-2H3,(H,28,29)(H,30,34). The van der Waals surface area contributed by atoms with Crippen LogP contribution in [0, 0.1) is 11.3 Å². The molecule has 1 saturated carbocycles. The van der Waals surface area contributed by atoms with E-state index in [9.17, 15) is 9.59 Å². The van der Waals surface area contributed by atoms with Crippen LogP contribution < -0.4 is 5.32 Å². The molecule has 1 aromatic heterocycles. The van der Waals surface area contributed by atoms with E-state index in [0.717, 1.165) is 44.5 Å². The summed E-state index contributed by atoms with van der Waals surface area (Å²) in [6, 6.07) is 8.40. The Kier molecular flexibility index (Phi) is 7.63. The summed E-state index contributed by atoms with van der Waals surface area (Å²) in [7, 11) is 3.85. The maximum atomic E-state index is 12.8. The molecule has 0 bridgehead atoms. The number of nitrogens with zero attached hydrogens (tertiary/aromatic N) is 4. The monoisotopic (exact) mass is 462 g/mol. The van der Waals surface area contributed by atoms with Gasteiger partial charge in [-0.2, -0.15) is 5.26 Å². The highest BCUT2D eigenvalue weighted by atomic mass is 16.2. The Morgan fingerprint density at radius 2 is 1.88 bits per heavy atom. The van der Waals surface area contributed by atoms with Gasteiger partial charge in [0.05, 0.1) is 12.7 Å². The van der Waals surface area contributed by atoms with Crippen LogP contribution in [0.2, 0.25) is 0 Å². The van der Waals surface area contributed by atoms with Crippen LogP contribution in [-0.4, -0.2) is 65.3 Å². The fraction of sp³-hybridized carbons (Fsp3) is 0.538. The minimum Gasteiger partial charge on any atom is -0.342 e. The molecule has 1 aliphatic carbocycles. The summed E-state index contributed by atoms with van der Waals surface area (Å²) in [5.74, 6) is 0.849. The number of carbonyl (C=O) groups excluding carboxylic acids is 2. The second-order valence-electron chi connectivity index (χ2n) is 9.79. The highest BCUT2D eigenvalue weighted by Gasteiger charge is 2.26. The van der Waals surface area contributed by atoms with Gasteiger partial charge in [0.1, 0.15) is 11.8 Å². The van der Waals surface area contributed by atoms with Crippen LogP contribution in [0.5, 0.6) is 0 Å². The molecule has 1 aliphatic heterocycles. The van der Waals surface area contributed by atoms with Crippen molar-refractivity contribution < 1.29 is 9.59 Å². The summed E-state index contributed by atoms with van der Waals surface area (Å²) in [5, 5.41) is 12.0. The number of hydrogen-bond donors (Lipinski definition) is 2. The number of imidazole rings is 1. The Morgan fingerprint density at radius 3 is 2.53 bits per heavy atom. The van der Waals surface area contributed by atoms with Gasteiger partial charge in [0.15, 0.2) is 5.82 Å². The number of anilines is 1. The van der Waals surface area contributed by atoms with Gasteiger partial charge in [0.2, 0.25) is 5.91 Å². The van der Waals surface area contributed by atoms with Gasteiger partial charge >= 0.3 is 0 Å². The maximum Gasteiger partial charge on any atom is 0.291 e. The molecule has 2 amide bonds. The highest BCUT2D eigenvalue weighted by molar-refractivity contribution is 6.02. The van der Waals surface area contributed by atoms with E-state index in [-0.39, 0.29) is 23.3 Å². The number of nitrogens with one attached hydrogen (secondary N) is 2. The third kappa shape index (κ3) is 5.65. The third-order valence-corrected chi connectivity index (χ3v) is 7.05. The first-order valence-electron chi connectivity index (χ1n) is 12.3. The van der Waals surface area contributed by atoms with Gasteiger partial charge in [-0.15, -0.1) is 0 Å². The molecule has 1 saturated heterocycles. The summed E-state index contributed by atoms with van der Waals surface area (Å²) in [4.78, 5) is 35.9. The van der Waals surface area contributed by atoms with Crippen LogP contribution in [0.4, 0.5) is 5.69 Å². The molecule has 0 radical (unpaired) electrons. The highest BCUT2D eigenvalue weighted by Crippen LogP contribution is 2.39. The van der Waals surface area contributed by atoms with Crippen LogP contribution in [0.1, 0.15) is 84.2 Å². The Morgan fingerprint density at radius 1 is 1.15 bits per heavy atom. The molecule has 8 heteroatoms. The van der Waals surface area contributed by atoms with E-state index >= 15 is 0 Å². The Labute approximate surface area is 201 Å². The number of aromatic amines is 1. The quantitative estimate of drug-likeness (QED) is 0.678. The van der Waals surface area contributed by atoms with E-state index in [1.54, 1.807) is 0 Å². The number of carbonyl (C=O) groups is 2. The fourth-order valence-corrected chi connectivity index (χ4v) is 5.21. The van der Waals surface area contributed by atoms with Crippen molar-refractivity contribution in [2.24, 2.45) is 0 Å². The molecule has 34 heavy (non-hydrogen) atoms. The predicted octanol–water partition coefficient (Wildman–Crippen LogP) is 3.85. The summed E-state index contributed by atoms with van der Waals surface area (Å²) < 4.78 is 0. The van der Waals surface area contributed by atoms with Crippen LogP contribution in [0.15, 0.2) is 24.4 Å². The van der Waals surface area contributed by atoms with Gasteiger partial charge in [-0.25, -0.2) is 4.98 Å². The molecule has 180 valence electrons. The first kappa shape index (κ1) is 24.0. The minimum absolute atomic E-state index is 0.144. The van der Waals surface area contributed by atoms with Gasteiger partial charge in [-0.05, 0) is 68.8 Å². The normalized spacial score (nSPS) is 17.5. The van der Waals surface area contributed by atoms with E-state index in [0.29, 0.717) is 18.4 Å². The smallest absolute Gasteiger partial charge is 0.291 e. The third-order valence-electron chi connectivity index (χ3n) is 7.05. The van der Waals surface area contributed by atoms with Crippen molar-refractivity contribution in [2.45, 2.75) is 56.8 Å². The Hall–Kier alpha value is -3.18. The van der Waals surface area contributed by atoms with E-state index in [4.69, 9.17) is 5.26 Å². The molecular weight excluding hydrogens is 428 g/mol. The van der Waals surface area contributed by atoms with Gasteiger partial charge < -0.3 is 20.1 Å². The summed E-state index contributed by atoms with van der Waals surface area (Å²) in [6.45, 7) is 2.03. The number of likely N-dealkylation sites (N-methyl/N-ethyl adjacent to an activating group) is 1. The average Bonchev–Trinajstić information content (AvgIpc) is 3.34. The SMILES string of the molecule is CN(C)CC(=O)N1CCC(c2ccc(NC(=O)c3ncc(C#N)[nH]3)c(C3CCCCC3)c2)CC1. The zero-order chi connectivity index (χ0) is 24.1. The number of benzene rings is 1. The second kappa shape index (κ2) is 10.8. The van der Waals surface area contributed by atoms with Gasteiger partial charge in [0.25, 0.3) is 5.91 Å². The molecule has 1 aromatic carbocycles. The van der Waals surface area contributed by atoms with Crippen LogP contribution in [0.3, 0.4) is 0 Å². The molecule has 2 N–H and O–H groups in total. The number of likely N-dealkylation sites (tertiary alicyclic amines) is 1. The van der Waals surface area contributed by atoms with Crippen molar-refractivity contribution in [1.29, 1.82) is 5.26 Å². The topological polar surface area (TPSA) is 105 Å². The molecule has 0 unspecified atom stereocenters. The number of hydrogen-bond acceptors (Lipinski definition) is 5. The van der Waals surface area contributed by atoms with Gasteiger partial charge in [-0.1, -0.05) is 31.4 Å². The molecule has 2 aliphatic rings. The van der Waals surface area contributed by atoms with Gasteiger partial charge in [0, 0.05) is 18.8 Å². The lowest BCUT2D eigenvalue weighted by Gasteiger charge is -2.33. The van der Waals surface area contributed by atoms with Crippen molar-refractivity contribution in [3.63, 3.8) is 0 Å². The van der Waals surface area contributed by atoms with E-state index in [1.165, 1.54) is 36.6 Å². The summed E-state index contributed by atoms with van der Waals surface area (Å²) in [6.07, 6.45) is 9.22. The predicted molar refractivity (Wildman–Crippen MR) is 131 cm³/mol. The van der Waals surface area contributed by atoms with Crippen molar-refractivity contribution in [3.8, 4) is 6.07 Å². The summed E-state index contributed by atoms with van der Waals surface area (Å²) >= 11 is 0. The number of nitriles is 1. The molecule has 2 aromatic rings. The lowest BCUT2D eigenvalue weighted by Crippen LogP contribution is -2.42. The molecule has 4 rings (SSSR count). The largest absolute Gasteiger partial charge is 0.342 e. The molecule has 2 heterocycles. The second-order valence-corrected chi connectivity index (χ2v) is 9.79. The van der Waals surface area contributed by atoms with E-state index < -0.39 is 0 Å². The van der Waals surface area contributed by atoms with Crippen molar-refractivity contribution in [1.82, 2.24) is 19.8 Å². The summed E-state index contributed by atoms with van der Waals surface area (Å²) in [5.41, 5.74) is 3.59. The molecule has 0 spiro atoms. The lowest BCUT2D eigenvalue weighted by molar-refractivity contribution is -0.132. The molecule has 8 nitrogen and oxygen atoms in total. The maximum absolute atomic E-state index is 12.8. The number of H-pyrrole nitrogens is 1. The number of piperidine rings is 1. The lowest BCUT2D eigenvalue weighted by atomic mass is 9.80. The Bertz CT molecular complexity index is 1060. The molecule has 0 atom stereocenters. The van der Waals surface area contributed by atoms with Crippen molar-refractivity contribution in [3.05, 3.63) is 47.0 Å². The van der Waals surface area contributed by atoms with E-state index in [2.05, 4.69) is 27.4 Å². The first-order chi connectivity index (χ1) is 16.4. The zero-order valence-corrected chi connectivity index (χ0v) is 20.1. The van der Waals surface area contributed by atoms with Gasteiger partial charge in [-0.3, -0.25) is 9.59 Å². The molecular formula is C26H34N6O2. The average molecular weight is 463 g/mol. The fourth-order valence-electron chi connectivity index (χ4n) is 5.21. The van der Waals surface area contributed by atoms with Crippen LogP contribution in [0.25, 0.3) is 0 Å². The minimum atomic E-state index is -0.334. The number of amides is 2. The number of rotatable bonds is 6. The number of aromatic nitrogens is 2. The molecule has 2 fully saturated rings.